The fraction of sp³-hybridized carbons (Fsp3) is 0.909. The van der Waals surface area contributed by atoms with Crippen molar-refractivity contribution >= 4 is 5.97 Å². The van der Waals surface area contributed by atoms with E-state index in [4.69, 9.17) is 5.11 Å². The molecule has 1 aliphatic rings. The van der Waals surface area contributed by atoms with Crippen LogP contribution in [0.25, 0.3) is 0 Å². The van der Waals surface area contributed by atoms with Crippen LogP contribution in [-0.2, 0) is 4.79 Å². The topological polar surface area (TPSA) is 49.3 Å². The summed E-state index contributed by atoms with van der Waals surface area (Å²) in [7, 11) is 0. The van der Waals surface area contributed by atoms with Crippen molar-refractivity contribution in [3.05, 3.63) is 0 Å². The molecular weight excluding hydrogens is 178 g/mol. The highest BCUT2D eigenvalue weighted by Gasteiger charge is 2.36. The van der Waals surface area contributed by atoms with Gasteiger partial charge in [0, 0.05) is 6.04 Å². The molecule has 0 heterocycles. The quantitative estimate of drug-likeness (QED) is 0.686. The summed E-state index contributed by atoms with van der Waals surface area (Å²) in [6.07, 6.45) is 3.17. The van der Waals surface area contributed by atoms with Crippen LogP contribution in [-0.4, -0.2) is 23.2 Å². The van der Waals surface area contributed by atoms with Gasteiger partial charge < -0.3 is 10.4 Å². The molecule has 82 valence electrons. The van der Waals surface area contributed by atoms with Crippen LogP contribution < -0.4 is 5.32 Å². The van der Waals surface area contributed by atoms with Gasteiger partial charge in [0.15, 0.2) is 0 Å². The predicted molar refractivity (Wildman–Crippen MR) is 56.2 cm³/mol. The van der Waals surface area contributed by atoms with Gasteiger partial charge in [-0.25, -0.2) is 0 Å². The standard InChI is InChI=1S/C11H21NO2/c1-7(2)6-8(3)12-10(11(13)14)9-4-5-9/h7-10,12H,4-6H2,1-3H3,(H,13,14). The molecule has 3 heteroatoms. The fourth-order valence-corrected chi connectivity index (χ4v) is 1.92. The number of carboxylic acid groups (broad SMARTS) is 1. The molecule has 0 radical (unpaired) electrons. The zero-order valence-electron chi connectivity index (χ0n) is 9.29. The second kappa shape index (κ2) is 4.78. The number of carboxylic acids is 1. The molecule has 2 atom stereocenters. The van der Waals surface area contributed by atoms with Crippen molar-refractivity contribution in [2.75, 3.05) is 0 Å². The first-order valence-electron chi connectivity index (χ1n) is 5.49. The van der Waals surface area contributed by atoms with Crippen molar-refractivity contribution in [2.45, 2.75) is 52.1 Å². The van der Waals surface area contributed by atoms with Crippen LogP contribution in [0.2, 0.25) is 0 Å². The van der Waals surface area contributed by atoms with Crippen molar-refractivity contribution in [2.24, 2.45) is 11.8 Å². The first kappa shape index (κ1) is 11.5. The molecule has 0 amide bonds. The first-order chi connectivity index (χ1) is 6.50. The minimum Gasteiger partial charge on any atom is -0.480 e. The number of aliphatic carboxylic acids is 1. The van der Waals surface area contributed by atoms with Gasteiger partial charge in [-0.3, -0.25) is 4.79 Å². The van der Waals surface area contributed by atoms with Gasteiger partial charge in [-0.2, -0.15) is 0 Å². The third-order valence-corrected chi connectivity index (χ3v) is 2.65. The highest BCUT2D eigenvalue weighted by molar-refractivity contribution is 5.74. The maximum atomic E-state index is 10.9. The Morgan fingerprint density at radius 3 is 2.36 bits per heavy atom. The molecular formula is C11H21NO2. The average molecular weight is 199 g/mol. The van der Waals surface area contributed by atoms with E-state index in [0.29, 0.717) is 17.9 Å². The Bertz CT molecular complexity index is 199. The first-order valence-corrected chi connectivity index (χ1v) is 5.49. The van der Waals surface area contributed by atoms with E-state index < -0.39 is 5.97 Å². The summed E-state index contributed by atoms with van der Waals surface area (Å²) >= 11 is 0. The fourth-order valence-electron chi connectivity index (χ4n) is 1.92. The average Bonchev–Trinajstić information content (AvgIpc) is 2.80. The minimum atomic E-state index is -0.692. The molecule has 0 aromatic heterocycles. The minimum absolute atomic E-state index is 0.302. The van der Waals surface area contributed by atoms with Gasteiger partial charge in [0.1, 0.15) is 6.04 Å². The lowest BCUT2D eigenvalue weighted by Crippen LogP contribution is -2.44. The molecule has 0 aliphatic heterocycles. The molecule has 14 heavy (non-hydrogen) atoms. The van der Waals surface area contributed by atoms with E-state index in [-0.39, 0.29) is 6.04 Å². The maximum Gasteiger partial charge on any atom is 0.320 e. The molecule has 1 saturated carbocycles. The Balaban J connectivity index is 2.34. The lowest BCUT2D eigenvalue weighted by Gasteiger charge is -2.21. The van der Waals surface area contributed by atoms with E-state index in [9.17, 15) is 4.79 Å². The van der Waals surface area contributed by atoms with Crippen LogP contribution in [0, 0.1) is 11.8 Å². The molecule has 0 spiro atoms. The van der Waals surface area contributed by atoms with Gasteiger partial charge in [-0.05, 0) is 38.0 Å². The molecule has 2 unspecified atom stereocenters. The normalized spacial score (nSPS) is 20.9. The van der Waals surface area contributed by atoms with E-state index in [1.807, 2.05) is 0 Å². The molecule has 1 rings (SSSR count). The number of carbonyl (C=O) groups is 1. The molecule has 1 aliphatic carbocycles. The highest BCUT2D eigenvalue weighted by atomic mass is 16.4. The Labute approximate surface area is 85.9 Å². The Hall–Kier alpha value is -0.570. The molecule has 2 N–H and O–H groups in total. The Morgan fingerprint density at radius 2 is 2.00 bits per heavy atom. The van der Waals surface area contributed by atoms with E-state index in [1.54, 1.807) is 0 Å². The van der Waals surface area contributed by atoms with Gasteiger partial charge in [0.2, 0.25) is 0 Å². The van der Waals surface area contributed by atoms with Crippen LogP contribution in [0.15, 0.2) is 0 Å². The van der Waals surface area contributed by atoms with Crippen molar-refractivity contribution in [1.29, 1.82) is 0 Å². The summed E-state index contributed by atoms with van der Waals surface area (Å²) in [5.74, 6) is 0.302. The summed E-state index contributed by atoms with van der Waals surface area (Å²) in [6.45, 7) is 6.38. The van der Waals surface area contributed by atoms with E-state index >= 15 is 0 Å². The van der Waals surface area contributed by atoms with Crippen molar-refractivity contribution in [1.82, 2.24) is 5.32 Å². The number of rotatable bonds is 6. The summed E-state index contributed by atoms with van der Waals surface area (Å²) < 4.78 is 0. The van der Waals surface area contributed by atoms with E-state index in [0.717, 1.165) is 19.3 Å². The molecule has 0 aromatic rings. The molecule has 3 nitrogen and oxygen atoms in total. The van der Waals surface area contributed by atoms with E-state index in [1.165, 1.54) is 0 Å². The SMILES string of the molecule is CC(C)CC(C)NC(C(=O)O)C1CC1. The van der Waals surface area contributed by atoms with Crippen LogP contribution >= 0.6 is 0 Å². The molecule has 1 fully saturated rings. The number of hydrogen-bond acceptors (Lipinski definition) is 2. The number of nitrogens with one attached hydrogen (secondary N) is 1. The van der Waals surface area contributed by atoms with Crippen LogP contribution in [0.5, 0.6) is 0 Å². The lowest BCUT2D eigenvalue weighted by molar-refractivity contribution is -0.140. The van der Waals surface area contributed by atoms with Gasteiger partial charge in [-0.15, -0.1) is 0 Å². The third kappa shape index (κ3) is 3.66. The van der Waals surface area contributed by atoms with E-state index in [2.05, 4.69) is 26.1 Å². The van der Waals surface area contributed by atoms with Crippen LogP contribution in [0.4, 0.5) is 0 Å². The Morgan fingerprint density at radius 1 is 1.43 bits per heavy atom. The highest BCUT2D eigenvalue weighted by Crippen LogP contribution is 2.33. The maximum absolute atomic E-state index is 10.9. The predicted octanol–water partition coefficient (Wildman–Crippen LogP) is 1.87. The second-order valence-electron chi connectivity index (χ2n) is 4.85. The van der Waals surface area contributed by atoms with Crippen LogP contribution in [0.3, 0.4) is 0 Å². The zero-order chi connectivity index (χ0) is 10.7. The van der Waals surface area contributed by atoms with Gasteiger partial charge in [-0.1, -0.05) is 13.8 Å². The molecule has 0 bridgehead atoms. The van der Waals surface area contributed by atoms with Crippen molar-refractivity contribution < 1.29 is 9.90 Å². The second-order valence-corrected chi connectivity index (χ2v) is 4.85. The zero-order valence-corrected chi connectivity index (χ0v) is 9.29. The van der Waals surface area contributed by atoms with Crippen LogP contribution in [0.1, 0.15) is 40.0 Å². The third-order valence-electron chi connectivity index (χ3n) is 2.65. The Kier molecular flexibility index (Phi) is 3.93. The van der Waals surface area contributed by atoms with Gasteiger partial charge in [0.05, 0.1) is 0 Å². The summed E-state index contributed by atoms with van der Waals surface area (Å²) in [5.41, 5.74) is 0. The van der Waals surface area contributed by atoms with Crippen molar-refractivity contribution in [3.63, 3.8) is 0 Å². The lowest BCUT2D eigenvalue weighted by atomic mass is 10.0. The largest absolute Gasteiger partial charge is 0.480 e. The summed E-state index contributed by atoms with van der Waals surface area (Å²) in [4.78, 5) is 10.9. The number of hydrogen-bond donors (Lipinski definition) is 2. The van der Waals surface area contributed by atoms with Gasteiger partial charge in [0.25, 0.3) is 0 Å². The van der Waals surface area contributed by atoms with Crippen molar-refractivity contribution in [3.8, 4) is 0 Å². The van der Waals surface area contributed by atoms with Gasteiger partial charge >= 0.3 is 5.97 Å². The summed E-state index contributed by atoms with van der Waals surface area (Å²) in [6, 6.07) is -0.0135. The molecule has 0 aromatic carbocycles. The monoisotopic (exact) mass is 199 g/mol. The molecule has 0 saturated heterocycles. The smallest absolute Gasteiger partial charge is 0.320 e. The summed E-state index contributed by atoms with van der Waals surface area (Å²) in [5, 5.41) is 12.2.